The summed E-state index contributed by atoms with van der Waals surface area (Å²) in [5.74, 6) is -0.0204. The van der Waals surface area contributed by atoms with Crippen molar-refractivity contribution in [1.29, 1.82) is 0 Å². The van der Waals surface area contributed by atoms with Crippen LogP contribution in [-0.4, -0.2) is 73.9 Å². The number of sulfonamides is 1. The maximum absolute atomic E-state index is 12.9. The highest BCUT2D eigenvalue weighted by Crippen LogP contribution is 2.21. The molecule has 1 saturated heterocycles. The first kappa shape index (κ1) is 24.5. The molecule has 0 bridgehead atoms. The Balaban J connectivity index is 1.68. The Morgan fingerprint density at radius 3 is 2.36 bits per heavy atom. The minimum absolute atomic E-state index is 0.283. The van der Waals surface area contributed by atoms with Crippen molar-refractivity contribution in [3.63, 3.8) is 0 Å². The van der Waals surface area contributed by atoms with Crippen LogP contribution in [0.5, 0.6) is 0 Å². The summed E-state index contributed by atoms with van der Waals surface area (Å²) < 4.78 is 26.9. The summed E-state index contributed by atoms with van der Waals surface area (Å²) in [6.45, 7) is 0.456. The number of likely N-dealkylation sites (tertiary alicyclic amines) is 1. The predicted octanol–water partition coefficient (Wildman–Crippen LogP) is 2.64. The van der Waals surface area contributed by atoms with Crippen LogP contribution in [0.3, 0.4) is 0 Å². The molecule has 2 heterocycles. The first-order chi connectivity index (χ1) is 15.5. The smallest absolute Gasteiger partial charge is 0.322 e. The lowest BCUT2D eigenvalue weighted by atomic mass is 10.1. The quantitative estimate of drug-likeness (QED) is 0.375. The summed E-state index contributed by atoms with van der Waals surface area (Å²) in [5, 5.41) is 5.87. The van der Waals surface area contributed by atoms with Gasteiger partial charge in [0, 0.05) is 31.9 Å². The van der Waals surface area contributed by atoms with Crippen molar-refractivity contribution in [1.82, 2.24) is 14.8 Å². The SMILES string of the molecule is CN(C)C(=NS(C)(=O)=O)c1ccc(NC(=O)[C@H]2CCCN2C(=O)Nc2ccc(Cl)nc2)cc1. The summed E-state index contributed by atoms with van der Waals surface area (Å²) in [4.78, 5) is 32.6. The summed E-state index contributed by atoms with van der Waals surface area (Å²) in [7, 11) is -0.185. The number of amides is 3. The standard InChI is InChI=1S/C21H25ClN6O4S/c1-27(2)19(26-33(3,31)32)14-6-8-15(9-7-14)24-20(29)17-5-4-12-28(17)21(30)25-16-10-11-18(22)23-13-16/h6-11,13,17H,4-5,12H2,1-3H3,(H,24,29)(H,25,30)/t17-/m1/s1. The topological polar surface area (TPSA) is 124 Å². The molecule has 0 unspecified atom stereocenters. The van der Waals surface area contributed by atoms with Gasteiger partial charge >= 0.3 is 6.03 Å². The highest BCUT2D eigenvalue weighted by atomic mass is 35.5. The first-order valence-electron chi connectivity index (χ1n) is 10.1. The van der Waals surface area contributed by atoms with Crippen LogP contribution in [0, 0.1) is 0 Å². The summed E-state index contributed by atoms with van der Waals surface area (Å²) in [5.41, 5.74) is 1.59. The molecule has 0 saturated carbocycles. The van der Waals surface area contributed by atoms with Crippen molar-refractivity contribution < 1.29 is 18.0 Å². The van der Waals surface area contributed by atoms with E-state index in [1.807, 2.05) is 0 Å². The van der Waals surface area contributed by atoms with Gasteiger partial charge in [-0.05, 0) is 49.2 Å². The van der Waals surface area contributed by atoms with Gasteiger partial charge < -0.3 is 20.4 Å². The first-order valence-corrected chi connectivity index (χ1v) is 12.3. The fraction of sp³-hybridized carbons (Fsp3) is 0.333. The molecule has 33 heavy (non-hydrogen) atoms. The van der Waals surface area contributed by atoms with Gasteiger partial charge in [0.1, 0.15) is 17.0 Å². The Kier molecular flexibility index (Phi) is 7.54. The number of anilines is 2. The van der Waals surface area contributed by atoms with Gasteiger partial charge in [-0.25, -0.2) is 18.2 Å². The van der Waals surface area contributed by atoms with E-state index in [0.29, 0.717) is 41.5 Å². The summed E-state index contributed by atoms with van der Waals surface area (Å²) >= 11 is 5.76. The van der Waals surface area contributed by atoms with Gasteiger partial charge in [0.2, 0.25) is 5.91 Å². The van der Waals surface area contributed by atoms with E-state index in [-0.39, 0.29) is 17.8 Å². The third-order valence-electron chi connectivity index (χ3n) is 4.88. The number of hydrogen-bond acceptors (Lipinski definition) is 5. The number of amidine groups is 1. The van der Waals surface area contributed by atoms with E-state index in [0.717, 1.165) is 6.26 Å². The number of urea groups is 1. The van der Waals surface area contributed by atoms with Gasteiger partial charge in [-0.1, -0.05) is 11.6 Å². The number of carbonyl (C=O) groups excluding carboxylic acids is 2. The second-order valence-electron chi connectivity index (χ2n) is 7.76. The average molecular weight is 493 g/mol. The minimum atomic E-state index is -3.57. The van der Waals surface area contributed by atoms with Crippen LogP contribution < -0.4 is 10.6 Å². The Morgan fingerprint density at radius 2 is 1.79 bits per heavy atom. The van der Waals surface area contributed by atoms with E-state index in [1.165, 1.54) is 11.1 Å². The van der Waals surface area contributed by atoms with Gasteiger partial charge in [-0.2, -0.15) is 0 Å². The maximum Gasteiger partial charge on any atom is 0.322 e. The zero-order valence-electron chi connectivity index (χ0n) is 18.4. The van der Waals surface area contributed by atoms with E-state index in [2.05, 4.69) is 20.0 Å². The second kappa shape index (κ2) is 10.2. The normalized spacial score (nSPS) is 16.4. The van der Waals surface area contributed by atoms with Gasteiger partial charge in [-0.15, -0.1) is 4.40 Å². The fourth-order valence-corrected chi connectivity index (χ4v) is 4.10. The monoisotopic (exact) mass is 492 g/mol. The van der Waals surface area contributed by atoms with Crippen LogP contribution in [0.15, 0.2) is 47.0 Å². The van der Waals surface area contributed by atoms with Crippen molar-refractivity contribution in [2.24, 2.45) is 4.40 Å². The summed E-state index contributed by atoms with van der Waals surface area (Å²) in [6, 6.07) is 8.86. The van der Waals surface area contributed by atoms with Crippen molar-refractivity contribution in [3.8, 4) is 0 Å². The molecule has 1 aromatic carbocycles. The zero-order chi connectivity index (χ0) is 24.2. The van der Waals surface area contributed by atoms with Crippen LogP contribution >= 0.6 is 11.6 Å². The molecule has 1 aliphatic heterocycles. The Morgan fingerprint density at radius 1 is 1.12 bits per heavy atom. The molecule has 1 atom stereocenters. The lowest BCUT2D eigenvalue weighted by molar-refractivity contribution is -0.119. The molecule has 3 rings (SSSR count). The third-order valence-corrected chi connectivity index (χ3v) is 5.61. The number of carbonyl (C=O) groups is 2. The number of hydrogen-bond donors (Lipinski definition) is 2. The van der Waals surface area contributed by atoms with E-state index in [4.69, 9.17) is 11.6 Å². The number of pyridine rings is 1. The van der Waals surface area contributed by atoms with Crippen molar-refractivity contribution in [2.75, 3.05) is 37.5 Å². The van der Waals surface area contributed by atoms with Crippen LogP contribution in [0.2, 0.25) is 5.15 Å². The molecule has 2 aromatic rings. The fourth-order valence-electron chi connectivity index (χ4n) is 3.41. The molecule has 0 spiro atoms. The van der Waals surface area contributed by atoms with Gasteiger partial charge in [0.25, 0.3) is 10.0 Å². The molecule has 1 aromatic heterocycles. The molecule has 176 valence electrons. The van der Waals surface area contributed by atoms with Gasteiger partial charge in [0.15, 0.2) is 0 Å². The summed E-state index contributed by atoms with van der Waals surface area (Å²) in [6.07, 6.45) is 3.72. The average Bonchev–Trinajstić information content (AvgIpc) is 3.24. The van der Waals surface area contributed by atoms with Crippen LogP contribution in [0.25, 0.3) is 0 Å². The van der Waals surface area contributed by atoms with Crippen molar-refractivity contribution in [2.45, 2.75) is 18.9 Å². The zero-order valence-corrected chi connectivity index (χ0v) is 20.0. The number of rotatable bonds is 5. The third kappa shape index (κ3) is 6.65. The highest BCUT2D eigenvalue weighted by molar-refractivity contribution is 7.89. The number of nitrogens with one attached hydrogen (secondary N) is 2. The van der Waals surface area contributed by atoms with Crippen LogP contribution in [0.1, 0.15) is 18.4 Å². The number of halogens is 1. The Bertz CT molecular complexity index is 1150. The molecule has 3 amide bonds. The molecule has 12 heteroatoms. The van der Waals surface area contributed by atoms with Gasteiger partial charge in [0.05, 0.1) is 18.1 Å². The van der Waals surface area contributed by atoms with Crippen molar-refractivity contribution >= 4 is 50.8 Å². The molecular formula is C21H25ClN6O4S. The lowest BCUT2D eigenvalue weighted by Crippen LogP contribution is -2.45. The van der Waals surface area contributed by atoms with E-state index >= 15 is 0 Å². The number of benzene rings is 1. The molecule has 0 radical (unpaired) electrons. The van der Waals surface area contributed by atoms with Crippen LogP contribution in [-0.2, 0) is 14.8 Å². The van der Waals surface area contributed by atoms with Crippen molar-refractivity contribution in [3.05, 3.63) is 53.3 Å². The van der Waals surface area contributed by atoms with E-state index in [9.17, 15) is 18.0 Å². The largest absolute Gasteiger partial charge is 0.362 e. The highest BCUT2D eigenvalue weighted by Gasteiger charge is 2.34. The maximum atomic E-state index is 12.9. The lowest BCUT2D eigenvalue weighted by Gasteiger charge is -2.24. The molecule has 0 aliphatic carbocycles. The molecule has 10 nitrogen and oxygen atoms in total. The number of aromatic nitrogens is 1. The molecule has 1 aliphatic rings. The predicted molar refractivity (Wildman–Crippen MR) is 128 cm³/mol. The molecular weight excluding hydrogens is 468 g/mol. The number of nitrogens with zero attached hydrogens (tertiary/aromatic N) is 4. The van der Waals surface area contributed by atoms with E-state index in [1.54, 1.807) is 55.4 Å². The molecule has 2 N–H and O–H groups in total. The van der Waals surface area contributed by atoms with Crippen LogP contribution in [0.4, 0.5) is 16.2 Å². The Labute approximate surface area is 197 Å². The minimum Gasteiger partial charge on any atom is -0.362 e. The van der Waals surface area contributed by atoms with E-state index < -0.39 is 16.1 Å². The van der Waals surface area contributed by atoms with Gasteiger partial charge in [-0.3, -0.25) is 4.79 Å². The Hall–Kier alpha value is -3.18. The second-order valence-corrected chi connectivity index (χ2v) is 9.80. The molecule has 1 fully saturated rings.